The van der Waals surface area contributed by atoms with Crippen molar-refractivity contribution in [3.63, 3.8) is 0 Å². The molecule has 0 unspecified atom stereocenters. The number of nitrogens with two attached hydrogens (primary N) is 1. The smallest absolute Gasteiger partial charge is 0.0647 e. The molecule has 1 fully saturated rings. The summed E-state index contributed by atoms with van der Waals surface area (Å²) < 4.78 is 5.81. The Balaban J connectivity index is 1.56. The van der Waals surface area contributed by atoms with E-state index in [0.717, 1.165) is 51.7 Å². The average molecular weight is 344 g/mol. The lowest BCUT2D eigenvalue weighted by Crippen LogP contribution is -2.40. The Bertz CT molecular complexity index is 598. The monoisotopic (exact) mass is 343 g/mol. The zero-order valence-corrected chi connectivity index (χ0v) is 15.5. The number of ether oxygens (including phenoxy) is 1. The SMILES string of the molecule is CC/C=C/COC[C@@H]1CCc2cc([C@H]3CC[C@](N)(CO)C3)ccc2C1. The topological polar surface area (TPSA) is 55.5 Å². The maximum absolute atomic E-state index is 9.49. The minimum atomic E-state index is -0.366. The molecule has 1 saturated carbocycles. The minimum Gasteiger partial charge on any atom is -0.394 e. The molecule has 1 aromatic rings. The molecule has 3 atom stereocenters. The third-order valence-electron chi connectivity index (χ3n) is 5.96. The maximum atomic E-state index is 9.49. The van der Waals surface area contributed by atoms with Crippen molar-refractivity contribution in [3.05, 3.63) is 47.0 Å². The summed E-state index contributed by atoms with van der Waals surface area (Å²) in [5.41, 5.74) is 10.3. The Labute approximate surface area is 152 Å². The van der Waals surface area contributed by atoms with E-state index >= 15 is 0 Å². The van der Waals surface area contributed by atoms with Crippen LogP contribution in [-0.4, -0.2) is 30.5 Å². The lowest BCUT2D eigenvalue weighted by Gasteiger charge is -2.26. The number of aliphatic hydroxyl groups is 1. The van der Waals surface area contributed by atoms with Crippen LogP contribution in [0.5, 0.6) is 0 Å². The zero-order chi connectivity index (χ0) is 17.7. The molecule has 1 aromatic carbocycles. The summed E-state index contributed by atoms with van der Waals surface area (Å²) in [6, 6.07) is 7.02. The van der Waals surface area contributed by atoms with Gasteiger partial charge in [-0.3, -0.25) is 0 Å². The van der Waals surface area contributed by atoms with Gasteiger partial charge in [0.15, 0.2) is 0 Å². The van der Waals surface area contributed by atoms with Crippen molar-refractivity contribution in [2.75, 3.05) is 19.8 Å². The normalized spacial score (nSPS) is 29.2. The number of rotatable bonds is 7. The van der Waals surface area contributed by atoms with Crippen LogP contribution in [-0.2, 0) is 17.6 Å². The highest BCUT2D eigenvalue weighted by molar-refractivity contribution is 5.36. The van der Waals surface area contributed by atoms with Gasteiger partial charge in [0.1, 0.15) is 0 Å². The third kappa shape index (κ3) is 4.72. The molecule has 0 bridgehead atoms. The average Bonchev–Trinajstić information content (AvgIpc) is 3.04. The van der Waals surface area contributed by atoms with Gasteiger partial charge in [0.2, 0.25) is 0 Å². The number of allylic oxidation sites excluding steroid dienone is 1. The summed E-state index contributed by atoms with van der Waals surface area (Å²) in [7, 11) is 0. The molecule has 25 heavy (non-hydrogen) atoms. The van der Waals surface area contributed by atoms with Crippen molar-refractivity contribution in [1.29, 1.82) is 0 Å². The number of fused-ring (bicyclic) bond motifs is 1. The van der Waals surface area contributed by atoms with E-state index in [1.165, 1.54) is 23.1 Å². The number of aryl methyl sites for hydroxylation is 1. The van der Waals surface area contributed by atoms with Gasteiger partial charge < -0.3 is 15.6 Å². The summed E-state index contributed by atoms with van der Waals surface area (Å²) in [6.07, 6.45) is 11.8. The molecule has 0 amide bonds. The zero-order valence-electron chi connectivity index (χ0n) is 15.5. The Kier molecular flexibility index (Phi) is 6.32. The van der Waals surface area contributed by atoms with Crippen molar-refractivity contribution < 1.29 is 9.84 Å². The molecule has 2 aliphatic rings. The van der Waals surface area contributed by atoms with E-state index in [4.69, 9.17) is 10.5 Å². The van der Waals surface area contributed by atoms with E-state index in [0.29, 0.717) is 11.8 Å². The van der Waals surface area contributed by atoms with E-state index in [9.17, 15) is 5.11 Å². The van der Waals surface area contributed by atoms with E-state index in [-0.39, 0.29) is 12.1 Å². The molecule has 2 aliphatic carbocycles. The van der Waals surface area contributed by atoms with Crippen molar-refractivity contribution in [2.24, 2.45) is 11.7 Å². The fourth-order valence-corrected chi connectivity index (χ4v) is 4.37. The largest absolute Gasteiger partial charge is 0.394 e. The van der Waals surface area contributed by atoms with Crippen LogP contribution in [0, 0.1) is 5.92 Å². The molecule has 3 rings (SSSR count). The standard InChI is InChI=1S/C22H33NO2/c1-2-3-4-11-25-15-17-5-6-19-13-20(8-7-18(19)12-17)21-9-10-22(23,14-21)16-24/h3-4,7-8,13,17,21,24H,2,5-6,9-12,14-16,23H2,1H3/b4-3+/t17-,21+,22-/m1/s1. The molecule has 0 radical (unpaired) electrons. The first kappa shape index (κ1) is 18.6. The second-order valence-corrected chi connectivity index (χ2v) is 8.01. The van der Waals surface area contributed by atoms with Crippen molar-refractivity contribution in [2.45, 2.75) is 63.3 Å². The van der Waals surface area contributed by atoms with Gasteiger partial charge in [-0.15, -0.1) is 0 Å². The van der Waals surface area contributed by atoms with Crippen LogP contribution >= 0.6 is 0 Å². The molecular weight excluding hydrogens is 310 g/mol. The van der Waals surface area contributed by atoms with Gasteiger partial charge in [-0.2, -0.15) is 0 Å². The van der Waals surface area contributed by atoms with Crippen molar-refractivity contribution in [1.82, 2.24) is 0 Å². The van der Waals surface area contributed by atoms with Gasteiger partial charge in [0.25, 0.3) is 0 Å². The number of hydrogen-bond acceptors (Lipinski definition) is 3. The highest BCUT2D eigenvalue weighted by atomic mass is 16.5. The van der Waals surface area contributed by atoms with Gasteiger partial charge in [0, 0.05) is 5.54 Å². The van der Waals surface area contributed by atoms with Crippen LogP contribution in [0.4, 0.5) is 0 Å². The van der Waals surface area contributed by atoms with Gasteiger partial charge in [-0.05, 0) is 73.5 Å². The first-order chi connectivity index (χ1) is 12.1. The highest BCUT2D eigenvalue weighted by Gasteiger charge is 2.36. The van der Waals surface area contributed by atoms with Crippen LogP contribution in [0.3, 0.4) is 0 Å². The molecule has 3 nitrogen and oxygen atoms in total. The van der Waals surface area contributed by atoms with Gasteiger partial charge in [-0.25, -0.2) is 0 Å². The summed E-state index contributed by atoms with van der Waals surface area (Å²) in [4.78, 5) is 0. The van der Waals surface area contributed by atoms with Crippen LogP contribution in [0.25, 0.3) is 0 Å². The summed E-state index contributed by atoms with van der Waals surface area (Å²) in [5.74, 6) is 1.15. The third-order valence-corrected chi connectivity index (χ3v) is 5.96. The summed E-state index contributed by atoms with van der Waals surface area (Å²) in [5, 5.41) is 9.49. The Hall–Kier alpha value is -1.16. The predicted molar refractivity (Wildman–Crippen MR) is 103 cm³/mol. The predicted octanol–water partition coefficient (Wildman–Crippen LogP) is 3.73. The second kappa shape index (κ2) is 8.48. The number of hydrogen-bond donors (Lipinski definition) is 2. The molecule has 138 valence electrons. The quantitative estimate of drug-likeness (QED) is 0.586. The van der Waals surface area contributed by atoms with Crippen molar-refractivity contribution >= 4 is 0 Å². The van der Waals surface area contributed by atoms with Gasteiger partial charge in [0.05, 0.1) is 19.8 Å². The highest BCUT2D eigenvalue weighted by Crippen LogP contribution is 2.40. The van der Waals surface area contributed by atoms with Crippen LogP contribution < -0.4 is 5.73 Å². The minimum absolute atomic E-state index is 0.101. The fraction of sp³-hybridized carbons (Fsp3) is 0.636. The van der Waals surface area contributed by atoms with Gasteiger partial charge >= 0.3 is 0 Å². The first-order valence-corrected chi connectivity index (χ1v) is 9.87. The molecule has 0 aromatic heterocycles. The molecule has 0 saturated heterocycles. The lowest BCUT2D eigenvalue weighted by molar-refractivity contribution is 0.116. The Morgan fingerprint density at radius 1 is 1.28 bits per heavy atom. The molecule has 0 spiro atoms. The molecule has 3 N–H and O–H groups in total. The summed E-state index contributed by atoms with van der Waals surface area (Å²) in [6.45, 7) is 3.85. The maximum Gasteiger partial charge on any atom is 0.0647 e. The second-order valence-electron chi connectivity index (χ2n) is 8.01. The first-order valence-electron chi connectivity index (χ1n) is 9.87. The molecule has 3 heteroatoms. The van der Waals surface area contributed by atoms with E-state index in [1.54, 1.807) is 0 Å². The Morgan fingerprint density at radius 2 is 2.16 bits per heavy atom. The molecule has 0 aliphatic heterocycles. The molecule has 0 heterocycles. The lowest BCUT2D eigenvalue weighted by atomic mass is 9.82. The van der Waals surface area contributed by atoms with Crippen LogP contribution in [0.1, 0.15) is 61.6 Å². The van der Waals surface area contributed by atoms with Crippen LogP contribution in [0.2, 0.25) is 0 Å². The Morgan fingerprint density at radius 3 is 2.92 bits per heavy atom. The van der Waals surface area contributed by atoms with Crippen LogP contribution in [0.15, 0.2) is 30.4 Å². The number of aliphatic hydroxyl groups excluding tert-OH is 1. The number of benzene rings is 1. The van der Waals surface area contributed by atoms with E-state index in [1.807, 2.05) is 0 Å². The van der Waals surface area contributed by atoms with Crippen molar-refractivity contribution in [3.8, 4) is 0 Å². The van der Waals surface area contributed by atoms with E-state index in [2.05, 4.69) is 37.3 Å². The van der Waals surface area contributed by atoms with Gasteiger partial charge in [-0.1, -0.05) is 37.3 Å². The summed E-state index contributed by atoms with van der Waals surface area (Å²) >= 11 is 0. The molecular formula is C22H33NO2. The fourth-order valence-electron chi connectivity index (χ4n) is 4.37. The van der Waals surface area contributed by atoms with E-state index < -0.39 is 0 Å².